The number of furan rings is 1. The SMILES string of the molecule is O=C(NNc1ncnc(NCCc2ccccc2)c1[N+](=O)[O-])c1ccco1. The topological polar surface area (TPSA) is 135 Å². The highest BCUT2D eigenvalue weighted by molar-refractivity contribution is 5.92. The first-order valence-electron chi connectivity index (χ1n) is 8.02. The van der Waals surface area contributed by atoms with Crippen LogP contribution in [-0.2, 0) is 6.42 Å². The third-order valence-corrected chi connectivity index (χ3v) is 3.59. The van der Waals surface area contributed by atoms with Crippen molar-refractivity contribution < 1.29 is 14.1 Å². The molecule has 0 aliphatic rings. The van der Waals surface area contributed by atoms with Gasteiger partial charge in [-0.2, -0.15) is 0 Å². The summed E-state index contributed by atoms with van der Waals surface area (Å²) in [4.78, 5) is 30.5. The van der Waals surface area contributed by atoms with E-state index in [4.69, 9.17) is 4.42 Å². The van der Waals surface area contributed by atoms with E-state index in [2.05, 4.69) is 26.1 Å². The number of carbonyl (C=O) groups excluding carboxylic acids is 1. The van der Waals surface area contributed by atoms with E-state index < -0.39 is 10.8 Å². The summed E-state index contributed by atoms with van der Waals surface area (Å²) in [5.74, 6) is -0.621. The molecule has 138 valence electrons. The van der Waals surface area contributed by atoms with Gasteiger partial charge in [-0.3, -0.25) is 25.8 Å². The zero-order valence-corrected chi connectivity index (χ0v) is 14.1. The number of nitrogens with zero attached hydrogens (tertiary/aromatic N) is 3. The molecular formula is C17H16N6O4. The fourth-order valence-electron chi connectivity index (χ4n) is 2.33. The molecule has 2 aromatic heterocycles. The molecule has 0 fully saturated rings. The number of nitrogens with one attached hydrogen (secondary N) is 3. The summed E-state index contributed by atoms with van der Waals surface area (Å²) in [7, 11) is 0. The van der Waals surface area contributed by atoms with Gasteiger partial charge in [0.05, 0.1) is 11.2 Å². The molecule has 0 saturated carbocycles. The summed E-state index contributed by atoms with van der Waals surface area (Å²) in [6, 6.07) is 12.7. The Kier molecular flexibility index (Phi) is 5.57. The number of hydrogen-bond acceptors (Lipinski definition) is 8. The average molecular weight is 368 g/mol. The van der Waals surface area contributed by atoms with E-state index in [1.165, 1.54) is 18.7 Å². The van der Waals surface area contributed by atoms with Crippen LogP contribution in [0.25, 0.3) is 0 Å². The first kappa shape index (κ1) is 17.9. The van der Waals surface area contributed by atoms with Gasteiger partial charge in [-0.15, -0.1) is 0 Å². The second-order valence-electron chi connectivity index (χ2n) is 5.40. The lowest BCUT2D eigenvalue weighted by Gasteiger charge is -2.10. The smallest absolute Gasteiger partial charge is 0.354 e. The molecule has 0 radical (unpaired) electrons. The van der Waals surface area contributed by atoms with Gasteiger partial charge in [-0.1, -0.05) is 30.3 Å². The van der Waals surface area contributed by atoms with Crippen molar-refractivity contribution in [1.29, 1.82) is 0 Å². The molecule has 3 aromatic rings. The van der Waals surface area contributed by atoms with E-state index in [1.54, 1.807) is 6.07 Å². The molecule has 0 aliphatic carbocycles. The number of amides is 1. The van der Waals surface area contributed by atoms with Gasteiger partial charge in [0.15, 0.2) is 5.76 Å². The zero-order chi connectivity index (χ0) is 19.1. The molecule has 0 bridgehead atoms. The Morgan fingerprint density at radius 2 is 1.89 bits per heavy atom. The van der Waals surface area contributed by atoms with Crippen LogP contribution in [0.4, 0.5) is 17.3 Å². The fourth-order valence-corrected chi connectivity index (χ4v) is 2.33. The normalized spacial score (nSPS) is 10.2. The molecule has 3 rings (SSSR count). The minimum Gasteiger partial charge on any atom is -0.459 e. The number of anilines is 2. The van der Waals surface area contributed by atoms with Crippen LogP contribution in [0, 0.1) is 10.1 Å². The van der Waals surface area contributed by atoms with Crippen molar-refractivity contribution in [1.82, 2.24) is 15.4 Å². The number of rotatable bonds is 8. The van der Waals surface area contributed by atoms with Gasteiger partial charge in [0, 0.05) is 6.54 Å². The monoisotopic (exact) mass is 368 g/mol. The van der Waals surface area contributed by atoms with E-state index >= 15 is 0 Å². The maximum atomic E-state index is 11.9. The molecular weight excluding hydrogens is 352 g/mol. The lowest BCUT2D eigenvalue weighted by molar-refractivity contribution is -0.383. The molecule has 0 saturated heterocycles. The molecule has 0 unspecified atom stereocenters. The number of hydrazine groups is 1. The van der Waals surface area contributed by atoms with E-state index in [9.17, 15) is 14.9 Å². The largest absolute Gasteiger partial charge is 0.459 e. The molecule has 3 N–H and O–H groups in total. The van der Waals surface area contributed by atoms with Gasteiger partial charge in [0.25, 0.3) is 0 Å². The number of nitro groups is 1. The highest BCUT2D eigenvalue weighted by Crippen LogP contribution is 2.28. The second-order valence-corrected chi connectivity index (χ2v) is 5.40. The molecule has 1 amide bonds. The first-order chi connectivity index (χ1) is 13.1. The van der Waals surface area contributed by atoms with Crippen LogP contribution in [0.2, 0.25) is 0 Å². The van der Waals surface area contributed by atoms with E-state index in [0.717, 1.165) is 5.56 Å². The Morgan fingerprint density at radius 1 is 1.11 bits per heavy atom. The van der Waals surface area contributed by atoms with E-state index in [1.807, 2.05) is 30.3 Å². The molecule has 1 aromatic carbocycles. The Balaban J connectivity index is 1.68. The average Bonchev–Trinajstić information content (AvgIpc) is 3.21. The molecule has 2 heterocycles. The van der Waals surface area contributed by atoms with Crippen molar-refractivity contribution in [3.8, 4) is 0 Å². The minimum atomic E-state index is -0.619. The Labute approximate surface area is 153 Å². The summed E-state index contributed by atoms with van der Waals surface area (Å²) in [6.45, 7) is 0.445. The first-order valence-corrected chi connectivity index (χ1v) is 8.02. The van der Waals surface area contributed by atoms with Crippen molar-refractivity contribution in [2.75, 3.05) is 17.3 Å². The number of benzene rings is 1. The van der Waals surface area contributed by atoms with Crippen molar-refractivity contribution in [2.24, 2.45) is 0 Å². The van der Waals surface area contributed by atoms with Crippen molar-refractivity contribution >= 4 is 23.2 Å². The summed E-state index contributed by atoms with van der Waals surface area (Å²) >= 11 is 0. The summed E-state index contributed by atoms with van der Waals surface area (Å²) in [5, 5.41) is 14.4. The summed E-state index contributed by atoms with van der Waals surface area (Å²) < 4.78 is 4.95. The maximum Gasteiger partial charge on any atom is 0.354 e. The molecule has 27 heavy (non-hydrogen) atoms. The molecule has 0 spiro atoms. The predicted molar refractivity (Wildman–Crippen MR) is 97.1 cm³/mol. The van der Waals surface area contributed by atoms with Crippen LogP contribution >= 0.6 is 0 Å². The summed E-state index contributed by atoms with van der Waals surface area (Å²) in [6.07, 6.45) is 3.18. The third kappa shape index (κ3) is 4.57. The van der Waals surface area contributed by atoms with Crippen LogP contribution in [0.15, 0.2) is 59.5 Å². The number of hydrogen-bond donors (Lipinski definition) is 3. The van der Waals surface area contributed by atoms with Crippen LogP contribution in [0.3, 0.4) is 0 Å². The summed E-state index contributed by atoms with van der Waals surface area (Å²) in [5.41, 5.74) is 5.46. The zero-order valence-electron chi connectivity index (χ0n) is 14.1. The fraction of sp³-hybridized carbons (Fsp3) is 0.118. The highest BCUT2D eigenvalue weighted by Gasteiger charge is 2.23. The van der Waals surface area contributed by atoms with Crippen molar-refractivity contribution in [2.45, 2.75) is 6.42 Å². The number of carbonyl (C=O) groups is 1. The van der Waals surface area contributed by atoms with Crippen molar-refractivity contribution in [3.05, 3.63) is 76.5 Å². The van der Waals surface area contributed by atoms with Crippen molar-refractivity contribution in [3.63, 3.8) is 0 Å². The molecule has 0 aliphatic heterocycles. The quantitative estimate of drug-likeness (QED) is 0.407. The number of aromatic nitrogens is 2. The molecule has 0 atom stereocenters. The lowest BCUT2D eigenvalue weighted by atomic mass is 10.1. The highest BCUT2D eigenvalue weighted by atomic mass is 16.6. The third-order valence-electron chi connectivity index (χ3n) is 3.59. The van der Waals surface area contributed by atoms with Gasteiger partial charge in [-0.05, 0) is 24.1 Å². The van der Waals surface area contributed by atoms with Gasteiger partial charge in [0.2, 0.25) is 11.6 Å². The van der Waals surface area contributed by atoms with Crippen LogP contribution < -0.4 is 16.2 Å². The Morgan fingerprint density at radius 3 is 2.59 bits per heavy atom. The maximum absolute atomic E-state index is 11.9. The van der Waals surface area contributed by atoms with Crippen LogP contribution in [0.5, 0.6) is 0 Å². The van der Waals surface area contributed by atoms with Crippen LogP contribution in [-0.4, -0.2) is 27.3 Å². The van der Waals surface area contributed by atoms with Crippen LogP contribution in [0.1, 0.15) is 16.1 Å². The van der Waals surface area contributed by atoms with Gasteiger partial charge in [0.1, 0.15) is 6.33 Å². The van der Waals surface area contributed by atoms with E-state index in [0.29, 0.717) is 13.0 Å². The second kappa shape index (κ2) is 8.43. The molecule has 10 nitrogen and oxygen atoms in total. The van der Waals surface area contributed by atoms with E-state index in [-0.39, 0.29) is 23.1 Å². The van der Waals surface area contributed by atoms with Gasteiger partial charge >= 0.3 is 11.6 Å². The van der Waals surface area contributed by atoms with Gasteiger partial charge in [-0.25, -0.2) is 9.97 Å². The van der Waals surface area contributed by atoms with Gasteiger partial charge < -0.3 is 9.73 Å². The minimum absolute atomic E-state index is 0.0559. The lowest BCUT2D eigenvalue weighted by Crippen LogP contribution is -2.30. The predicted octanol–water partition coefficient (Wildman–Crippen LogP) is 2.39. The molecule has 10 heteroatoms. The Bertz CT molecular complexity index is 914. The standard InChI is InChI=1S/C17H16N6O4/c24-17(13-7-4-10-27-13)22-21-16-14(23(25)26)15(19-11-20-16)18-9-8-12-5-2-1-3-6-12/h1-7,10-11H,8-9H2,(H,22,24)(H2,18,19,20,21). The Hall–Kier alpha value is -3.95.